The molecular weight excluding hydrogens is 211 g/mol. The van der Waals surface area contributed by atoms with Crippen molar-refractivity contribution in [2.45, 2.75) is 52.2 Å². The minimum atomic E-state index is 0.775. The fraction of sp³-hybridized carbons (Fsp3) is 1.00. The average molecular weight is 231 g/mol. The Morgan fingerprint density at radius 1 is 1.00 bits per heavy atom. The van der Waals surface area contributed by atoms with Gasteiger partial charge in [-0.1, -0.05) is 40.5 Å². The Labute approximate surface area is 85.6 Å². The highest BCUT2D eigenvalue weighted by Crippen LogP contribution is 2.48. The lowest BCUT2D eigenvalue weighted by molar-refractivity contribution is 0.534. The summed E-state index contributed by atoms with van der Waals surface area (Å²) in [5.74, 6) is 3.52. The van der Waals surface area contributed by atoms with Crippen LogP contribution in [0.2, 0.25) is 11.6 Å². The summed E-state index contributed by atoms with van der Waals surface area (Å²) in [4.78, 5) is 0. The van der Waals surface area contributed by atoms with Gasteiger partial charge in [0.1, 0.15) is 0 Å². The zero-order valence-corrected chi connectivity index (χ0v) is 10.3. The molecule has 0 aromatic rings. The van der Waals surface area contributed by atoms with Gasteiger partial charge >= 0.3 is 0 Å². The topological polar surface area (TPSA) is 0 Å². The van der Waals surface area contributed by atoms with Gasteiger partial charge in [0.2, 0.25) is 5.54 Å². The fourth-order valence-corrected chi connectivity index (χ4v) is 4.17. The summed E-state index contributed by atoms with van der Waals surface area (Å²) in [7, 11) is 0. The molecule has 1 rings (SSSR count). The Hall–Kier alpha value is 0.545. The van der Waals surface area contributed by atoms with Crippen LogP contribution in [0.5, 0.6) is 0 Å². The Balaban J connectivity index is 2.55. The van der Waals surface area contributed by atoms with Crippen LogP contribution in [0, 0.1) is 11.8 Å². The molecule has 1 saturated heterocycles. The maximum atomic E-state index is 3.87. The second-order valence-electron chi connectivity index (χ2n) is 4.84. The number of hydrogen-bond acceptors (Lipinski definition) is 0. The van der Waals surface area contributed by atoms with E-state index < -0.39 is 0 Å². The summed E-state index contributed by atoms with van der Waals surface area (Å²) >= 11 is 3.87. The normalized spacial score (nSPS) is 30.8. The molecule has 12 heavy (non-hydrogen) atoms. The van der Waals surface area contributed by atoms with Gasteiger partial charge in [-0.3, -0.25) is 0 Å². The van der Waals surface area contributed by atoms with E-state index in [1.807, 2.05) is 0 Å². The van der Waals surface area contributed by atoms with E-state index in [1.165, 1.54) is 12.8 Å². The van der Waals surface area contributed by atoms with Crippen LogP contribution in [0.1, 0.15) is 40.5 Å². The van der Waals surface area contributed by atoms with E-state index in [1.54, 1.807) is 0 Å². The van der Waals surface area contributed by atoms with Crippen molar-refractivity contribution in [3.63, 3.8) is 0 Å². The van der Waals surface area contributed by atoms with Crippen molar-refractivity contribution in [3.8, 4) is 0 Å². The third kappa shape index (κ3) is 2.07. The molecule has 2 unspecified atom stereocenters. The van der Waals surface area contributed by atoms with Crippen molar-refractivity contribution >= 4 is 21.3 Å². The van der Waals surface area contributed by atoms with Crippen LogP contribution in [-0.2, 0) is 0 Å². The first-order chi connectivity index (χ1) is 5.54. The van der Waals surface area contributed by atoms with E-state index in [0.29, 0.717) is 0 Å². The summed E-state index contributed by atoms with van der Waals surface area (Å²) in [5, 5.41) is 0. The van der Waals surface area contributed by atoms with Gasteiger partial charge in [0, 0.05) is 0 Å². The molecule has 0 nitrogen and oxygen atoms in total. The first-order valence-corrected chi connectivity index (χ1v) is 6.09. The standard InChI is InChI=1S/C10H20BBr/c1-7(2)9-5-6-10(8(3)4)11(9)12/h7-10H,5-6H2,1-4H3. The largest absolute Gasteiger partial charge is 0.229 e. The molecule has 1 aliphatic rings. The van der Waals surface area contributed by atoms with Crippen molar-refractivity contribution in [2.75, 3.05) is 0 Å². The van der Waals surface area contributed by atoms with E-state index in [9.17, 15) is 0 Å². The molecule has 1 fully saturated rings. The molecule has 0 radical (unpaired) electrons. The average Bonchev–Trinajstić information content (AvgIpc) is 2.30. The second kappa shape index (κ2) is 4.17. The van der Waals surface area contributed by atoms with Crippen LogP contribution in [-0.4, -0.2) is 5.54 Å². The molecule has 0 amide bonds. The zero-order chi connectivity index (χ0) is 9.30. The van der Waals surface area contributed by atoms with Crippen LogP contribution in [0.3, 0.4) is 0 Å². The lowest BCUT2D eigenvalue weighted by Gasteiger charge is -2.21. The number of halogens is 1. The van der Waals surface area contributed by atoms with Gasteiger partial charge in [-0.15, -0.1) is 0 Å². The van der Waals surface area contributed by atoms with Crippen LogP contribution < -0.4 is 0 Å². The Morgan fingerprint density at radius 2 is 1.33 bits per heavy atom. The molecule has 2 atom stereocenters. The van der Waals surface area contributed by atoms with Crippen LogP contribution in [0.15, 0.2) is 0 Å². The number of hydrogen-bond donors (Lipinski definition) is 0. The highest BCUT2D eigenvalue weighted by atomic mass is 79.9. The van der Waals surface area contributed by atoms with Crippen molar-refractivity contribution in [1.82, 2.24) is 0 Å². The molecule has 0 N–H and O–H groups in total. The van der Waals surface area contributed by atoms with E-state index in [4.69, 9.17) is 0 Å². The van der Waals surface area contributed by atoms with Gasteiger partial charge in [0.25, 0.3) is 0 Å². The molecule has 0 bridgehead atoms. The predicted molar refractivity (Wildman–Crippen MR) is 61.1 cm³/mol. The fourth-order valence-electron chi connectivity index (χ4n) is 2.42. The molecule has 2 heteroatoms. The summed E-state index contributed by atoms with van der Waals surface area (Å²) < 4.78 is 0. The Kier molecular flexibility index (Phi) is 3.69. The van der Waals surface area contributed by atoms with E-state index in [-0.39, 0.29) is 0 Å². The monoisotopic (exact) mass is 230 g/mol. The molecule has 0 aliphatic carbocycles. The summed E-state index contributed by atoms with van der Waals surface area (Å²) in [6, 6.07) is 0. The number of rotatable bonds is 2. The van der Waals surface area contributed by atoms with E-state index in [0.717, 1.165) is 29.0 Å². The SMILES string of the molecule is CC(C)C1CCC(C(C)C)B1Br. The van der Waals surface area contributed by atoms with Crippen molar-refractivity contribution in [2.24, 2.45) is 11.8 Å². The first-order valence-electron chi connectivity index (χ1n) is 5.18. The Morgan fingerprint density at radius 3 is 1.50 bits per heavy atom. The maximum Gasteiger partial charge on any atom is 0.229 e. The van der Waals surface area contributed by atoms with Crippen molar-refractivity contribution in [3.05, 3.63) is 0 Å². The lowest BCUT2D eigenvalue weighted by Crippen LogP contribution is -2.19. The quantitative estimate of drug-likeness (QED) is 0.624. The van der Waals surface area contributed by atoms with Crippen LogP contribution in [0.4, 0.5) is 0 Å². The highest BCUT2D eigenvalue weighted by Gasteiger charge is 2.40. The van der Waals surface area contributed by atoms with Gasteiger partial charge in [0.15, 0.2) is 0 Å². The minimum absolute atomic E-state index is 0.775. The lowest BCUT2D eigenvalue weighted by atomic mass is 9.54. The molecular formula is C10H20BBr. The maximum absolute atomic E-state index is 3.87. The van der Waals surface area contributed by atoms with Crippen molar-refractivity contribution < 1.29 is 0 Å². The predicted octanol–water partition coefficient (Wildman–Crippen LogP) is 4.22. The Bertz CT molecular complexity index is 129. The van der Waals surface area contributed by atoms with Gasteiger partial charge in [-0.25, -0.2) is 0 Å². The first kappa shape index (κ1) is 10.6. The molecule has 70 valence electrons. The zero-order valence-electron chi connectivity index (χ0n) is 8.68. The van der Waals surface area contributed by atoms with Crippen molar-refractivity contribution in [1.29, 1.82) is 0 Å². The molecule has 1 aliphatic heterocycles. The molecule has 1 heterocycles. The van der Waals surface area contributed by atoms with E-state index in [2.05, 4.69) is 43.5 Å². The molecule has 0 spiro atoms. The van der Waals surface area contributed by atoms with E-state index >= 15 is 0 Å². The summed E-state index contributed by atoms with van der Waals surface area (Å²) in [5.41, 5.74) is 0.775. The molecule has 0 saturated carbocycles. The van der Waals surface area contributed by atoms with Crippen LogP contribution in [0.25, 0.3) is 0 Å². The van der Waals surface area contributed by atoms with Gasteiger partial charge in [-0.2, -0.15) is 15.8 Å². The van der Waals surface area contributed by atoms with Gasteiger partial charge in [-0.05, 0) is 23.5 Å². The second-order valence-corrected chi connectivity index (χ2v) is 5.89. The van der Waals surface area contributed by atoms with Crippen LogP contribution >= 0.6 is 15.8 Å². The van der Waals surface area contributed by atoms with Gasteiger partial charge in [0.05, 0.1) is 0 Å². The molecule has 0 aromatic carbocycles. The smallest absolute Gasteiger partial charge is 0.156 e. The third-order valence-corrected chi connectivity index (χ3v) is 4.72. The highest BCUT2D eigenvalue weighted by molar-refractivity contribution is 9.24. The summed E-state index contributed by atoms with van der Waals surface area (Å²) in [6.07, 6.45) is 2.85. The summed E-state index contributed by atoms with van der Waals surface area (Å²) in [6.45, 7) is 9.40. The molecule has 0 aromatic heterocycles. The third-order valence-electron chi connectivity index (χ3n) is 3.36. The van der Waals surface area contributed by atoms with Gasteiger partial charge < -0.3 is 0 Å². The minimum Gasteiger partial charge on any atom is -0.156 e.